The maximum absolute atomic E-state index is 11.1. The van der Waals surface area contributed by atoms with E-state index in [0.29, 0.717) is 12.8 Å². The lowest BCUT2D eigenvalue weighted by atomic mass is 9.67. The number of nitrogens with zero attached hydrogens (tertiary/aromatic N) is 1. The molecule has 15 heavy (non-hydrogen) atoms. The second-order valence-corrected chi connectivity index (χ2v) is 3.64. The molecule has 0 saturated heterocycles. The molecule has 0 bridgehead atoms. The van der Waals surface area contributed by atoms with Gasteiger partial charge in [0, 0.05) is 0 Å². The van der Waals surface area contributed by atoms with Crippen LogP contribution in [-0.4, -0.2) is 16.0 Å². The minimum Gasteiger partial charge on any atom is -0.480 e. The number of carboxylic acids is 1. The molecule has 0 aliphatic heterocycles. The summed E-state index contributed by atoms with van der Waals surface area (Å²) in [6.07, 6.45) is 1.76. The van der Waals surface area contributed by atoms with E-state index in [0.717, 1.165) is 6.42 Å². The second kappa shape index (κ2) is 3.08. The molecule has 6 nitrogen and oxygen atoms in total. The lowest BCUT2D eigenvalue weighted by Crippen LogP contribution is -2.41. The average molecular weight is 211 g/mol. The fourth-order valence-electron chi connectivity index (χ4n) is 1.78. The van der Waals surface area contributed by atoms with Gasteiger partial charge in [0.05, 0.1) is 6.07 Å². The molecule has 1 fully saturated rings. The van der Waals surface area contributed by atoms with Crippen molar-refractivity contribution in [2.45, 2.75) is 24.7 Å². The summed E-state index contributed by atoms with van der Waals surface area (Å²) >= 11 is 0. The number of furan rings is 1. The maximum atomic E-state index is 11.1. The van der Waals surface area contributed by atoms with Crippen LogP contribution in [0.2, 0.25) is 0 Å². The van der Waals surface area contributed by atoms with Gasteiger partial charge >= 0.3 is 11.9 Å². The van der Waals surface area contributed by atoms with Gasteiger partial charge in [-0.05, 0) is 18.9 Å². The Morgan fingerprint density at radius 3 is 2.53 bits per heavy atom. The highest BCUT2D eigenvalue weighted by molar-refractivity contribution is 5.81. The van der Waals surface area contributed by atoms with Crippen LogP contribution < -0.4 is 0 Å². The van der Waals surface area contributed by atoms with Crippen molar-refractivity contribution in [1.82, 2.24) is 0 Å². The molecule has 1 aromatic heterocycles. The molecule has 0 aromatic carbocycles. The average Bonchev–Trinajstić information content (AvgIpc) is 2.50. The zero-order valence-electron chi connectivity index (χ0n) is 7.80. The van der Waals surface area contributed by atoms with Gasteiger partial charge in [-0.3, -0.25) is 14.9 Å². The molecule has 0 amide bonds. The Balaban J connectivity index is 2.36. The Kier molecular flexibility index (Phi) is 1.99. The molecule has 0 unspecified atom stereocenters. The summed E-state index contributed by atoms with van der Waals surface area (Å²) in [5, 5.41) is 19.4. The Labute approximate surface area is 84.7 Å². The minimum atomic E-state index is -1.03. The van der Waals surface area contributed by atoms with E-state index in [-0.39, 0.29) is 5.76 Å². The fraction of sp³-hybridized carbons (Fsp3) is 0.444. The maximum Gasteiger partial charge on any atom is 0.433 e. The molecule has 2 rings (SSSR count). The van der Waals surface area contributed by atoms with Crippen molar-refractivity contribution in [3.63, 3.8) is 0 Å². The van der Waals surface area contributed by atoms with E-state index >= 15 is 0 Å². The van der Waals surface area contributed by atoms with Crippen molar-refractivity contribution in [1.29, 1.82) is 0 Å². The van der Waals surface area contributed by atoms with Crippen molar-refractivity contribution < 1.29 is 19.2 Å². The third-order valence-electron chi connectivity index (χ3n) is 2.86. The molecule has 6 heteroatoms. The highest BCUT2D eigenvalue weighted by atomic mass is 16.6. The normalized spacial score (nSPS) is 18.1. The van der Waals surface area contributed by atoms with E-state index in [4.69, 9.17) is 9.52 Å². The van der Waals surface area contributed by atoms with E-state index in [1.807, 2.05) is 0 Å². The molecule has 1 saturated carbocycles. The standard InChI is InChI=1S/C9H9NO5/c11-8(12)9(4-1-5-9)6-2-3-7(15-6)10(13)14/h2-3H,1,4-5H2,(H,11,12). The summed E-state index contributed by atoms with van der Waals surface area (Å²) in [5.41, 5.74) is -1.03. The largest absolute Gasteiger partial charge is 0.480 e. The zero-order chi connectivity index (χ0) is 11.1. The monoisotopic (exact) mass is 211 g/mol. The summed E-state index contributed by atoms with van der Waals surface area (Å²) in [6, 6.07) is 2.57. The quantitative estimate of drug-likeness (QED) is 0.606. The number of rotatable bonds is 3. The van der Waals surface area contributed by atoms with E-state index in [1.165, 1.54) is 12.1 Å². The van der Waals surface area contributed by atoms with Crippen molar-refractivity contribution >= 4 is 11.9 Å². The number of carbonyl (C=O) groups is 1. The lowest BCUT2D eigenvalue weighted by molar-refractivity contribution is -0.402. The number of hydrogen-bond donors (Lipinski definition) is 1. The molecule has 0 atom stereocenters. The molecule has 1 heterocycles. The van der Waals surface area contributed by atoms with Gasteiger partial charge in [0.1, 0.15) is 16.1 Å². The topological polar surface area (TPSA) is 93.6 Å². The Morgan fingerprint density at radius 1 is 1.53 bits per heavy atom. The first kappa shape index (κ1) is 9.70. The van der Waals surface area contributed by atoms with Crippen LogP contribution >= 0.6 is 0 Å². The summed E-state index contributed by atoms with van der Waals surface area (Å²) < 4.78 is 4.93. The molecule has 80 valence electrons. The van der Waals surface area contributed by atoms with Crippen LogP contribution in [0.1, 0.15) is 25.0 Å². The molecule has 1 aromatic rings. The first-order valence-corrected chi connectivity index (χ1v) is 4.54. The fourth-order valence-corrected chi connectivity index (χ4v) is 1.78. The Bertz CT molecular complexity index is 418. The van der Waals surface area contributed by atoms with Gasteiger partial charge in [-0.2, -0.15) is 0 Å². The summed E-state index contributed by atoms with van der Waals surface area (Å²) in [6.45, 7) is 0. The molecule has 0 spiro atoms. The zero-order valence-corrected chi connectivity index (χ0v) is 7.80. The molecule has 1 aliphatic carbocycles. The van der Waals surface area contributed by atoms with Crippen LogP contribution in [0.15, 0.2) is 16.5 Å². The summed E-state index contributed by atoms with van der Waals surface area (Å²) in [4.78, 5) is 20.8. The van der Waals surface area contributed by atoms with Crippen molar-refractivity contribution in [2.75, 3.05) is 0 Å². The first-order valence-electron chi connectivity index (χ1n) is 4.54. The third kappa shape index (κ3) is 1.29. The predicted molar refractivity (Wildman–Crippen MR) is 48.5 cm³/mol. The number of aliphatic carboxylic acids is 1. The second-order valence-electron chi connectivity index (χ2n) is 3.64. The van der Waals surface area contributed by atoms with Gasteiger partial charge in [-0.15, -0.1) is 0 Å². The van der Waals surface area contributed by atoms with E-state index in [1.54, 1.807) is 0 Å². The van der Waals surface area contributed by atoms with Gasteiger partial charge < -0.3 is 9.52 Å². The van der Waals surface area contributed by atoms with Gasteiger partial charge in [-0.1, -0.05) is 6.42 Å². The SMILES string of the molecule is O=C(O)C1(c2ccc([N+](=O)[O-])o2)CCC1. The molecule has 0 radical (unpaired) electrons. The van der Waals surface area contributed by atoms with Crippen LogP contribution in [0.25, 0.3) is 0 Å². The van der Waals surface area contributed by atoms with E-state index in [2.05, 4.69) is 0 Å². The molecule has 1 N–H and O–H groups in total. The summed E-state index contributed by atoms with van der Waals surface area (Å²) in [7, 11) is 0. The number of carboxylic acid groups (broad SMARTS) is 1. The van der Waals surface area contributed by atoms with Gasteiger partial charge in [0.2, 0.25) is 0 Å². The lowest BCUT2D eigenvalue weighted by Gasteiger charge is -2.35. The van der Waals surface area contributed by atoms with Gasteiger partial charge in [0.15, 0.2) is 0 Å². The highest BCUT2D eigenvalue weighted by Crippen LogP contribution is 2.45. The van der Waals surface area contributed by atoms with Gasteiger partial charge in [0.25, 0.3) is 0 Å². The van der Waals surface area contributed by atoms with Crippen LogP contribution in [0.5, 0.6) is 0 Å². The number of hydrogen-bond acceptors (Lipinski definition) is 4. The smallest absolute Gasteiger partial charge is 0.433 e. The van der Waals surface area contributed by atoms with Crippen LogP contribution in [0, 0.1) is 10.1 Å². The third-order valence-corrected chi connectivity index (χ3v) is 2.86. The number of nitro groups is 1. The minimum absolute atomic E-state index is 0.188. The van der Waals surface area contributed by atoms with Crippen molar-refractivity contribution in [3.05, 3.63) is 28.0 Å². The molecular formula is C9H9NO5. The van der Waals surface area contributed by atoms with Crippen molar-refractivity contribution in [2.24, 2.45) is 0 Å². The first-order chi connectivity index (χ1) is 7.06. The summed E-state index contributed by atoms with van der Waals surface area (Å²) in [5.74, 6) is -1.19. The van der Waals surface area contributed by atoms with Crippen LogP contribution in [-0.2, 0) is 10.2 Å². The van der Waals surface area contributed by atoms with Crippen molar-refractivity contribution in [3.8, 4) is 0 Å². The van der Waals surface area contributed by atoms with Crippen LogP contribution in [0.3, 0.4) is 0 Å². The van der Waals surface area contributed by atoms with Crippen LogP contribution in [0.4, 0.5) is 5.88 Å². The molecular weight excluding hydrogens is 202 g/mol. The molecule has 1 aliphatic rings. The van der Waals surface area contributed by atoms with E-state index < -0.39 is 22.2 Å². The van der Waals surface area contributed by atoms with E-state index in [9.17, 15) is 14.9 Å². The van der Waals surface area contributed by atoms with Gasteiger partial charge in [-0.25, -0.2) is 0 Å². The Hall–Kier alpha value is -1.85. The Morgan fingerprint density at radius 2 is 2.20 bits per heavy atom. The predicted octanol–water partition coefficient (Wildman–Crippen LogP) is 1.69. The highest BCUT2D eigenvalue weighted by Gasteiger charge is 2.49.